The number of allylic oxidation sites excluding steroid dienone is 8. The van der Waals surface area contributed by atoms with Crippen molar-refractivity contribution in [3.63, 3.8) is 0 Å². The molecule has 0 aromatic carbocycles. The van der Waals surface area contributed by atoms with Gasteiger partial charge in [-0.25, -0.2) is 0 Å². The summed E-state index contributed by atoms with van der Waals surface area (Å²) in [7, 11) is 2.30. The molecule has 0 nitrogen and oxygen atoms in total. The predicted molar refractivity (Wildman–Crippen MR) is 78.4 cm³/mol. The van der Waals surface area contributed by atoms with Crippen molar-refractivity contribution in [2.75, 3.05) is 0 Å². The number of hydrogen-bond acceptors (Lipinski definition) is 0. The fourth-order valence-corrected chi connectivity index (χ4v) is 9.48. The van der Waals surface area contributed by atoms with Gasteiger partial charge in [0.1, 0.15) is 0 Å². The number of hydrogen-bond donors (Lipinski definition) is 0. The summed E-state index contributed by atoms with van der Waals surface area (Å²) in [5.41, 5.74) is 0. The molecule has 0 saturated carbocycles. The average Bonchev–Trinajstić information content (AvgIpc) is 2.78. The molecule has 0 spiro atoms. The summed E-state index contributed by atoms with van der Waals surface area (Å²) in [6.45, 7) is 0. The molecule has 0 aromatic rings. The third-order valence-electron chi connectivity index (χ3n) is 3.60. The molecule has 2 aliphatic carbocycles. The molecule has 0 atom stereocenters. The van der Waals surface area contributed by atoms with Gasteiger partial charge in [-0.1, -0.05) is 0 Å². The van der Waals surface area contributed by atoms with Crippen molar-refractivity contribution in [1.29, 1.82) is 0 Å². The van der Waals surface area contributed by atoms with E-state index >= 15 is 0 Å². The Morgan fingerprint density at radius 3 is 1.56 bits per heavy atom. The number of halogens is 2. The van der Waals surface area contributed by atoms with Crippen LogP contribution in [0.3, 0.4) is 0 Å². The maximum absolute atomic E-state index is 2.55. The standard InChI is InChI=1S/2C5H5.2CH3.2ClH.H2Si.Ti/c2*1-2-4-5-3-1;;;;;;/h2*1-3H,4H2;2*1H3;2*1H;1H2;. The van der Waals surface area contributed by atoms with Crippen LogP contribution in [0.4, 0.5) is 0 Å². The SMILES string of the molecule is Cl.Cl.[CH3][Ti]([CH3])(=[SiH2])([C]1=CC=CC1)[C]1=CC=CC1. The molecule has 2 rings (SSSR count). The minimum atomic E-state index is -2.41. The number of rotatable bonds is 2. The van der Waals surface area contributed by atoms with E-state index in [0.29, 0.717) is 0 Å². The Morgan fingerprint density at radius 1 is 0.938 bits per heavy atom. The Labute approximate surface area is 113 Å². The fourth-order valence-electron chi connectivity index (χ4n) is 2.29. The fraction of sp³-hybridized carbons (Fsp3) is 0.333. The summed E-state index contributed by atoms with van der Waals surface area (Å²) in [6, 6.07) is 0. The predicted octanol–water partition coefficient (Wildman–Crippen LogP) is 3.85. The maximum atomic E-state index is 2.55. The van der Waals surface area contributed by atoms with Gasteiger partial charge in [-0.15, -0.1) is 24.8 Å². The van der Waals surface area contributed by atoms with Gasteiger partial charge in [0.2, 0.25) is 0 Å². The first-order valence-corrected chi connectivity index (χ1v) is 14.0. The molecule has 4 heteroatoms. The molecular formula is C12H20Cl2SiTi. The van der Waals surface area contributed by atoms with Gasteiger partial charge in [0.15, 0.2) is 0 Å². The van der Waals surface area contributed by atoms with Gasteiger partial charge in [0.05, 0.1) is 0 Å². The van der Waals surface area contributed by atoms with E-state index in [1.165, 1.54) is 12.8 Å². The van der Waals surface area contributed by atoms with Crippen LogP contribution in [0.5, 0.6) is 0 Å². The van der Waals surface area contributed by atoms with Crippen molar-refractivity contribution in [3.05, 3.63) is 44.2 Å². The van der Waals surface area contributed by atoms with Gasteiger partial charge in [0.25, 0.3) is 0 Å². The zero-order valence-corrected chi connectivity index (χ0v) is 14.5. The summed E-state index contributed by atoms with van der Waals surface area (Å²) in [6.07, 6.45) is 16.2. The van der Waals surface area contributed by atoms with Gasteiger partial charge in [-0.2, -0.15) is 0 Å². The van der Waals surface area contributed by atoms with Crippen molar-refractivity contribution in [2.45, 2.75) is 23.3 Å². The van der Waals surface area contributed by atoms with Crippen LogP contribution >= 0.6 is 24.8 Å². The topological polar surface area (TPSA) is 0 Å². The van der Waals surface area contributed by atoms with Crippen molar-refractivity contribution >= 4 is 32.4 Å². The molecule has 0 N–H and O–H groups in total. The molecular weight excluding hydrogens is 291 g/mol. The summed E-state index contributed by atoms with van der Waals surface area (Å²) in [5, 5.41) is 5.10. The Balaban J connectivity index is 0.00000112. The van der Waals surface area contributed by atoms with Crippen LogP contribution < -0.4 is 0 Å². The molecule has 0 unspecified atom stereocenters. The van der Waals surface area contributed by atoms with E-state index in [2.05, 4.69) is 54.5 Å². The first kappa shape index (κ1) is 16.5. The van der Waals surface area contributed by atoms with Crippen molar-refractivity contribution in [1.82, 2.24) is 0 Å². The Bertz CT molecular complexity index is 414. The minimum absolute atomic E-state index is 0. The summed E-state index contributed by atoms with van der Waals surface area (Å²) in [5.74, 6) is 0. The van der Waals surface area contributed by atoms with E-state index in [1.807, 2.05) is 0 Å². The van der Waals surface area contributed by atoms with Crippen LogP contribution in [-0.2, 0) is 14.0 Å². The van der Waals surface area contributed by atoms with Crippen LogP contribution in [0, 0.1) is 0 Å². The Morgan fingerprint density at radius 2 is 1.31 bits per heavy atom. The summed E-state index contributed by atoms with van der Waals surface area (Å²) >= 11 is -2.41. The normalized spacial score (nSPS) is 18.7. The third-order valence-corrected chi connectivity index (χ3v) is 14.9. The van der Waals surface area contributed by atoms with E-state index < -0.39 is 14.0 Å². The van der Waals surface area contributed by atoms with Crippen LogP contribution in [0.25, 0.3) is 0 Å². The van der Waals surface area contributed by atoms with Gasteiger partial charge in [-0.3, -0.25) is 0 Å². The van der Waals surface area contributed by atoms with E-state index in [4.69, 9.17) is 0 Å². The van der Waals surface area contributed by atoms with Gasteiger partial charge < -0.3 is 0 Å². The second kappa shape index (κ2) is 5.41. The Hall–Kier alpha value is 0.471. The van der Waals surface area contributed by atoms with Gasteiger partial charge in [-0.05, 0) is 0 Å². The molecule has 0 amide bonds. The molecule has 0 bridgehead atoms. The molecule has 0 radical (unpaired) electrons. The molecule has 0 saturated heterocycles. The van der Waals surface area contributed by atoms with E-state index in [1.54, 1.807) is 7.76 Å². The average molecular weight is 311 g/mol. The molecule has 90 valence electrons. The van der Waals surface area contributed by atoms with Gasteiger partial charge >= 0.3 is 89.2 Å². The first-order valence-electron chi connectivity index (χ1n) is 5.29. The van der Waals surface area contributed by atoms with Crippen LogP contribution in [0.1, 0.15) is 12.8 Å². The van der Waals surface area contributed by atoms with Crippen molar-refractivity contribution in [2.24, 2.45) is 0 Å². The second-order valence-corrected chi connectivity index (χ2v) is 24.5. The molecule has 0 aromatic heterocycles. The molecule has 0 fully saturated rings. The molecule has 2 aliphatic rings. The quantitative estimate of drug-likeness (QED) is 0.680. The zero-order valence-electron chi connectivity index (χ0n) is 9.90. The van der Waals surface area contributed by atoms with E-state index in [0.717, 1.165) is 0 Å². The third kappa shape index (κ3) is 2.83. The molecule has 16 heavy (non-hydrogen) atoms. The van der Waals surface area contributed by atoms with Crippen LogP contribution in [0.15, 0.2) is 44.2 Å². The molecule has 0 heterocycles. The van der Waals surface area contributed by atoms with Crippen LogP contribution in [0.2, 0.25) is 10.5 Å². The van der Waals surface area contributed by atoms with Gasteiger partial charge in [0, 0.05) is 0 Å². The van der Waals surface area contributed by atoms with Crippen molar-refractivity contribution in [3.8, 4) is 0 Å². The van der Waals surface area contributed by atoms with E-state index in [9.17, 15) is 0 Å². The summed E-state index contributed by atoms with van der Waals surface area (Å²) < 4.78 is 3.46. The zero-order chi connectivity index (χ0) is 10.3. The monoisotopic (exact) mass is 310 g/mol. The Kier molecular flexibility index (Phi) is 5.57. The molecule has 0 aliphatic heterocycles. The summed E-state index contributed by atoms with van der Waals surface area (Å²) in [4.78, 5) is 0. The van der Waals surface area contributed by atoms with Crippen molar-refractivity contribution < 1.29 is 14.0 Å². The second-order valence-electron chi connectivity index (χ2n) is 5.33. The van der Waals surface area contributed by atoms with Crippen LogP contribution in [-0.4, -0.2) is 7.63 Å². The first-order chi connectivity index (χ1) is 6.49. The van der Waals surface area contributed by atoms with E-state index in [-0.39, 0.29) is 24.8 Å².